The Kier molecular flexibility index (Phi) is 7.43. The maximum Gasteiger partial charge on any atom is 0.342 e. The molecular formula is C29H37F2N7O3. The summed E-state index contributed by atoms with van der Waals surface area (Å²) in [7, 11) is 2.84. The lowest BCUT2D eigenvalue weighted by Gasteiger charge is -2.40. The maximum atomic E-state index is 14.9. The maximum absolute atomic E-state index is 14.9. The van der Waals surface area contributed by atoms with Crippen LogP contribution in [0.1, 0.15) is 55.3 Å². The van der Waals surface area contributed by atoms with Crippen LogP contribution in [0.5, 0.6) is 5.75 Å². The van der Waals surface area contributed by atoms with Gasteiger partial charge in [-0.15, -0.1) is 0 Å². The van der Waals surface area contributed by atoms with Crippen LogP contribution in [0.25, 0.3) is 0 Å². The van der Waals surface area contributed by atoms with Crippen molar-refractivity contribution in [2.45, 2.75) is 63.0 Å². The fraction of sp³-hybridized carbons (Fsp3) is 0.586. The molecule has 6 rings (SSSR count). The lowest BCUT2D eigenvalue weighted by atomic mass is 9.69. The van der Waals surface area contributed by atoms with Crippen molar-refractivity contribution in [3.8, 4) is 5.75 Å². The molecule has 1 aromatic heterocycles. The van der Waals surface area contributed by atoms with Crippen molar-refractivity contribution in [3.63, 3.8) is 0 Å². The molecule has 2 saturated carbocycles. The number of fused-ring (bicyclic) bond motifs is 2. The number of methoxy groups -OCH3 is 1. The quantitative estimate of drug-likeness (QED) is 0.483. The van der Waals surface area contributed by atoms with Gasteiger partial charge in [0.25, 0.3) is 11.8 Å². The Hall–Kier alpha value is -3.54. The molecule has 41 heavy (non-hydrogen) atoms. The Morgan fingerprint density at radius 2 is 1.98 bits per heavy atom. The van der Waals surface area contributed by atoms with E-state index in [1.54, 1.807) is 23.1 Å². The zero-order valence-electron chi connectivity index (χ0n) is 23.5. The zero-order valence-corrected chi connectivity index (χ0v) is 23.5. The number of anilines is 4. The molecule has 2 aliphatic heterocycles. The van der Waals surface area contributed by atoms with Crippen LogP contribution in [-0.4, -0.2) is 73.6 Å². The van der Waals surface area contributed by atoms with E-state index in [0.717, 1.165) is 56.5 Å². The van der Waals surface area contributed by atoms with Gasteiger partial charge >= 0.3 is 5.92 Å². The fourth-order valence-electron chi connectivity index (χ4n) is 6.75. The van der Waals surface area contributed by atoms with E-state index in [4.69, 9.17) is 4.74 Å². The van der Waals surface area contributed by atoms with Gasteiger partial charge in [0.2, 0.25) is 5.95 Å². The average Bonchev–Trinajstić information content (AvgIpc) is 3.42. The van der Waals surface area contributed by atoms with Crippen molar-refractivity contribution in [1.82, 2.24) is 20.6 Å². The number of rotatable bonds is 6. The van der Waals surface area contributed by atoms with Crippen LogP contribution in [0.3, 0.4) is 0 Å². The van der Waals surface area contributed by atoms with E-state index in [2.05, 4.69) is 25.9 Å². The molecule has 1 unspecified atom stereocenters. The van der Waals surface area contributed by atoms with E-state index < -0.39 is 18.4 Å². The summed E-state index contributed by atoms with van der Waals surface area (Å²) < 4.78 is 35.4. The molecule has 3 N–H and O–H groups in total. The van der Waals surface area contributed by atoms with Gasteiger partial charge in [-0.05, 0) is 68.7 Å². The first-order valence-corrected chi connectivity index (χ1v) is 14.5. The van der Waals surface area contributed by atoms with Crippen molar-refractivity contribution in [3.05, 3.63) is 30.0 Å². The summed E-state index contributed by atoms with van der Waals surface area (Å²) in [5.41, 5.74) is 1.24. The van der Waals surface area contributed by atoms with Gasteiger partial charge in [-0.2, -0.15) is 13.8 Å². The average molecular weight is 570 g/mol. The number of halogens is 2. The Morgan fingerprint density at radius 1 is 1.17 bits per heavy atom. The second-order valence-corrected chi connectivity index (χ2v) is 11.7. The van der Waals surface area contributed by atoms with Gasteiger partial charge in [0.1, 0.15) is 11.4 Å². The molecule has 3 heterocycles. The number of carbonyl (C=O) groups is 2. The standard InChI is InChI=1S/C29H37F2N7O3/c1-37-23-15-33-28(36-25(23)38(19-5-3-4-6-19)16-29(30,31)27(37)40)35-21-10-8-18(13-24(21)41-2)26(39)34-22-14-32-12-11-17-7-9-20(17)22/h8,10,13,15,17,19-20,22,32H,3-7,9,11-12,14,16H2,1-2H3,(H,34,39)(H,33,35,36)/t17?,20-,22+/m1/s1. The summed E-state index contributed by atoms with van der Waals surface area (Å²) in [4.78, 5) is 37.2. The van der Waals surface area contributed by atoms with Gasteiger partial charge in [0, 0.05) is 31.2 Å². The number of aromatic nitrogens is 2. The van der Waals surface area contributed by atoms with Crippen LogP contribution in [0, 0.1) is 11.8 Å². The van der Waals surface area contributed by atoms with Crippen LogP contribution in [-0.2, 0) is 4.79 Å². The minimum absolute atomic E-state index is 0.0979. The Morgan fingerprint density at radius 3 is 2.71 bits per heavy atom. The summed E-state index contributed by atoms with van der Waals surface area (Å²) >= 11 is 0. The highest BCUT2D eigenvalue weighted by atomic mass is 19.3. The summed E-state index contributed by atoms with van der Waals surface area (Å²) in [5, 5.41) is 9.77. The highest BCUT2D eigenvalue weighted by Gasteiger charge is 2.49. The van der Waals surface area contributed by atoms with Crippen molar-refractivity contribution >= 4 is 35.0 Å². The predicted molar refractivity (Wildman–Crippen MR) is 151 cm³/mol. The minimum Gasteiger partial charge on any atom is -0.495 e. The molecule has 2 amide bonds. The Labute approximate surface area is 238 Å². The molecule has 3 atom stereocenters. The first-order valence-electron chi connectivity index (χ1n) is 14.5. The van der Waals surface area contributed by atoms with Gasteiger partial charge in [-0.25, -0.2) is 4.98 Å². The molecule has 0 radical (unpaired) electrons. The number of amides is 2. The topological polar surface area (TPSA) is 112 Å². The highest BCUT2D eigenvalue weighted by Crippen LogP contribution is 2.41. The third-order valence-electron chi connectivity index (χ3n) is 9.21. The molecule has 1 saturated heterocycles. The Bertz CT molecular complexity index is 1320. The molecule has 3 fully saturated rings. The van der Waals surface area contributed by atoms with Crippen molar-refractivity contribution < 1.29 is 23.1 Å². The van der Waals surface area contributed by atoms with Crippen molar-refractivity contribution in [2.75, 3.05) is 48.9 Å². The molecule has 1 aromatic carbocycles. The molecular weight excluding hydrogens is 532 g/mol. The second-order valence-electron chi connectivity index (χ2n) is 11.7. The number of nitrogens with zero attached hydrogens (tertiary/aromatic N) is 4. The predicted octanol–water partition coefficient (Wildman–Crippen LogP) is 3.71. The van der Waals surface area contributed by atoms with Gasteiger partial charge in [0.15, 0.2) is 5.82 Å². The second kappa shape index (κ2) is 11.0. The minimum atomic E-state index is -3.54. The summed E-state index contributed by atoms with van der Waals surface area (Å²) in [6.45, 7) is 1.03. The monoisotopic (exact) mass is 569 g/mol. The van der Waals surface area contributed by atoms with E-state index in [1.807, 2.05) is 0 Å². The van der Waals surface area contributed by atoms with Gasteiger partial charge in [0.05, 0.1) is 25.5 Å². The van der Waals surface area contributed by atoms with Gasteiger partial charge < -0.3 is 30.5 Å². The van der Waals surface area contributed by atoms with Crippen molar-refractivity contribution in [1.29, 1.82) is 0 Å². The SMILES string of the molecule is COc1cc(C(=O)N[C@H]2CNCCC3CC[C@H]32)ccc1Nc1ncc2c(n1)N(C1CCCC1)CC(F)(F)C(=O)N2C. The van der Waals surface area contributed by atoms with E-state index in [0.29, 0.717) is 34.7 Å². The van der Waals surface area contributed by atoms with E-state index in [1.165, 1.54) is 26.8 Å². The van der Waals surface area contributed by atoms with Gasteiger partial charge in [-0.1, -0.05) is 12.8 Å². The van der Waals surface area contributed by atoms with Crippen LogP contribution in [0.2, 0.25) is 0 Å². The van der Waals surface area contributed by atoms with Crippen LogP contribution < -0.4 is 30.5 Å². The van der Waals surface area contributed by atoms with Gasteiger partial charge in [-0.3, -0.25) is 9.59 Å². The number of alkyl halides is 2. The van der Waals surface area contributed by atoms with Crippen LogP contribution in [0.15, 0.2) is 24.4 Å². The summed E-state index contributed by atoms with van der Waals surface area (Å²) in [5.74, 6) is -2.90. The third kappa shape index (κ3) is 5.29. The molecule has 10 nitrogen and oxygen atoms in total. The first-order chi connectivity index (χ1) is 19.7. The van der Waals surface area contributed by atoms with E-state index in [-0.39, 0.29) is 29.6 Å². The highest BCUT2D eigenvalue weighted by molar-refractivity contribution is 6.02. The number of nitrogens with one attached hydrogen (secondary N) is 3. The smallest absolute Gasteiger partial charge is 0.342 e. The molecule has 2 aliphatic carbocycles. The molecule has 2 aromatic rings. The molecule has 0 bridgehead atoms. The summed E-state index contributed by atoms with van der Waals surface area (Å²) in [6.07, 6.45) is 8.33. The number of hydrogen-bond acceptors (Lipinski definition) is 8. The Balaban J connectivity index is 1.24. The largest absolute Gasteiger partial charge is 0.495 e. The lowest BCUT2D eigenvalue weighted by Crippen LogP contribution is -2.49. The summed E-state index contributed by atoms with van der Waals surface area (Å²) in [6, 6.07) is 5.07. The number of ether oxygens (including phenoxy) is 1. The number of benzene rings is 1. The van der Waals surface area contributed by atoms with Crippen LogP contribution in [0.4, 0.5) is 31.9 Å². The number of carbonyl (C=O) groups excluding carboxylic acids is 2. The third-order valence-corrected chi connectivity index (χ3v) is 9.21. The lowest BCUT2D eigenvalue weighted by molar-refractivity contribution is -0.140. The molecule has 12 heteroatoms. The zero-order chi connectivity index (χ0) is 28.7. The van der Waals surface area contributed by atoms with E-state index in [9.17, 15) is 18.4 Å². The molecule has 220 valence electrons. The normalized spacial score (nSPS) is 25.9. The van der Waals surface area contributed by atoms with Crippen LogP contribution >= 0.6 is 0 Å². The number of hydrogen-bond donors (Lipinski definition) is 3. The molecule has 4 aliphatic rings. The molecule has 0 spiro atoms. The fourth-order valence-corrected chi connectivity index (χ4v) is 6.75. The van der Waals surface area contributed by atoms with Crippen molar-refractivity contribution in [2.24, 2.45) is 11.8 Å². The van der Waals surface area contributed by atoms with E-state index >= 15 is 0 Å². The first kappa shape index (κ1) is 27.6.